The SMILES string of the molecule is O=c1[nH]nc2cc(-c3ccccc3)nc(NCc3ccc(F)cc3)n12. The third kappa shape index (κ3) is 2.99. The lowest BCUT2D eigenvalue weighted by atomic mass is 10.1. The lowest BCUT2D eigenvalue weighted by molar-refractivity contribution is 0.627. The molecule has 0 bridgehead atoms. The third-order valence-corrected chi connectivity index (χ3v) is 3.84. The number of fused-ring (bicyclic) bond motifs is 1. The summed E-state index contributed by atoms with van der Waals surface area (Å²) >= 11 is 0. The van der Waals surface area contributed by atoms with Crippen molar-refractivity contribution in [1.82, 2.24) is 19.6 Å². The fourth-order valence-corrected chi connectivity index (χ4v) is 2.59. The van der Waals surface area contributed by atoms with Gasteiger partial charge in [-0.05, 0) is 17.7 Å². The number of halogens is 1. The summed E-state index contributed by atoms with van der Waals surface area (Å²) in [5.41, 5.74) is 2.60. The van der Waals surface area contributed by atoms with Crippen molar-refractivity contribution >= 4 is 11.6 Å². The summed E-state index contributed by atoms with van der Waals surface area (Å²) in [7, 11) is 0. The maximum Gasteiger partial charge on any atom is 0.350 e. The Labute approximate surface area is 142 Å². The van der Waals surface area contributed by atoms with Gasteiger partial charge in [0.15, 0.2) is 5.65 Å². The average molecular weight is 335 g/mol. The molecule has 0 unspecified atom stereocenters. The Bertz CT molecular complexity index is 1070. The second-order valence-corrected chi connectivity index (χ2v) is 5.53. The molecule has 0 aliphatic carbocycles. The molecule has 2 aromatic heterocycles. The van der Waals surface area contributed by atoms with Crippen LogP contribution in [0.5, 0.6) is 0 Å². The van der Waals surface area contributed by atoms with Crippen LogP contribution in [0, 0.1) is 5.82 Å². The van der Waals surface area contributed by atoms with E-state index in [0.717, 1.165) is 11.1 Å². The molecule has 0 atom stereocenters. The standard InChI is InChI=1S/C18H14FN5O/c19-14-8-6-12(7-9-14)11-20-17-21-15(13-4-2-1-3-5-13)10-16-22-23-18(25)24(16)17/h1-10H,11H2,(H,20,21)(H,23,25). The third-order valence-electron chi connectivity index (χ3n) is 3.84. The van der Waals surface area contributed by atoms with Crippen LogP contribution in [0.3, 0.4) is 0 Å². The number of nitrogens with one attached hydrogen (secondary N) is 2. The number of hydrogen-bond donors (Lipinski definition) is 2. The van der Waals surface area contributed by atoms with Crippen LogP contribution in [0.4, 0.5) is 10.3 Å². The van der Waals surface area contributed by atoms with Crippen molar-refractivity contribution in [3.63, 3.8) is 0 Å². The highest BCUT2D eigenvalue weighted by Gasteiger charge is 2.11. The van der Waals surface area contributed by atoms with E-state index in [4.69, 9.17) is 0 Å². The van der Waals surface area contributed by atoms with Gasteiger partial charge in [-0.2, -0.15) is 5.10 Å². The molecule has 0 saturated heterocycles. The van der Waals surface area contributed by atoms with Gasteiger partial charge in [0.05, 0.1) is 5.69 Å². The van der Waals surface area contributed by atoms with Crippen LogP contribution in [-0.4, -0.2) is 19.6 Å². The van der Waals surface area contributed by atoms with Gasteiger partial charge in [0.1, 0.15) is 5.82 Å². The molecule has 7 heteroatoms. The Hall–Kier alpha value is -3.48. The maximum atomic E-state index is 13.0. The topological polar surface area (TPSA) is 75.1 Å². The number of nitrogens with zero attached hydrogens (tertiary/aromatic N) is 3. The Morgan fingerprint density at radius 2 is 1.84 bits per heavy atom. The molecule has 0 amide bonds. The number of aromatic nitrogens is 4. The lowest BCUT2D eigenvalue weighted by Gasteiger charge is -2.10. The lowest BCUT2D eigenvalue weighted by Crippen LogP contribution is -2.16. The number of anilines is 1. The second-order valence-electron chi connectivity index (χ2n) is 5.53. The van der Waals surface area contributed by atoms with Crippen molar-refractivity contribution in [2.45, 2.75) is 6.54 Å². The van der Waals surface area contributed by atoms with E-state index < -0.39 is 0 Å². The first kappa shape index (κ1) is 15.1. The van der Waals surface area contributed by atoms with Crippen LogP contribution >= 0.6 is 0 Å². The summed E-state index contributed by atoms with van der Waals surface area (Å²) in [4.78, 5) is 16.6. The smallest absolute Gasteiger partial charge is 0.350 e. The molecule has 0 spiro atoms. The van der Waals surface area contributed by atoms with Crippen LogP contribution in [0.25, 0.3) is 16.9 Å². The highest BCUT2D eigenvalue weighted by molar-refractivity contribution is 5.65. The summed E-state index contributed by atoms with van der Waals surface area (Å²) in [6.45, 7) is 0.401. The van der Waals surface area contributed by atoms with Crippen molar-refractivity contribution in [3.8, 4) is 11.3 Å². The van der Waals surface area contributed by atoms with E-state index in [2.05, 4.69) is 20.5 Å². The highest BCUT2D eigenvalue weighted by atomic mass is 19.1. The van der Waals surface area contributed by atoms with Crippen molar-refractivity contribution in [2.75, 3.05) is 5.32 Å². The fraction of sp³-hybridized carbons (Fsp3) is 0.0556. The minimum atomic E-state index is -0.372. The number of benzene rings is 2. The average Bonchev–Trinajstić information content (AvgIpc) is 3.03. The van der Waals surface area contributed by atoms with Crippen LogP contribution in [0.2, 0.25) is 0 Å². The summed E-state index contributed by atoms with van der Waals surface area (Å²) < 4.78 is 14.4. The Morgan fingerprint density at radius 1 is 1.08 bits per heavy atom. The minimum Gasteiger partial charge on any atom is -0.351 e. The predicted octanol–water partition coefficient (Wildman–Crippen LogP) is 2.84. The van der Waals surface area contributed by atoms with E-state index >= 15 is 0 Å². The van der Waals surface area contributed by atoms with Gasteiger partial charge in [0, 0.05) is 18.2 Å². The Morgan fingerprint density at radius 3 is 2.60 bits per heavy atom. The second kappa shape index (κ2) is 6.20. The molecular formula is C18H14FN5O. The molecule has 0 radical (unpaired) electrons. The molecule has 2 N–H and O–H groups in total. The first-order valence-electron chi connectivity index (χ1n) is 7.72. The van der Waals surface area contributed by atoms with Crippen molar-refractivity contribution in [2.24, 2.45) is 0 Å². The van der Waals surface area contributed by atoms with Crippen LogP contribution < -0.4 is 11.0 Å². The molecular weight excluding hydrogens is 321 g/mol. The van der Waals surface area contributed by atoms with Crippen LogP contribution in [0.1, 0.15) is 5.56 Å². The molecule has 25 heavy (non-hydrogen) atoms. The quantitative estimate of drug-likeness (QED) is 0.601. The fourth-order valence-electron chi connectivity index (χ4n) is 2.59. The first-order valence-corrected chi connectivity index (χ1v) is 7.72. The number of hydrogen-bond acceptors (Lipinski definition) is 4. The number of H-pyrrole nitrogens is 1. The molecule has 0 aliphatic rings. The zero-order valence-electron chi connectivity index (χ0n) is 13.1. The van der Waals surface area contributed by atoms with Crippen molar-refractivity contribution in [3.05, 3.63) is 82.5 Å². The predicted molar refractivity (Wildman–Crippen MR) is 92.8 cm³/mol. The molecule has 4 rings (SSSR count). The van der Waals surface area contributed by atoms with E-state index in [0.29, 0.717) is 23.8 Å². The summed E-state index contributed by atoms with van der Waals surface area (Å²) in [6, 6.07) is 17.5. The zero-order chi connectivity index (χ0) is 17.2. The Kier molecular flexibility index (Phi) is 3.74. The minimum absolute atomic E-state index is 0.290. The largest absolute Gasteiger partial charge is 0.351 e. The number of aromatic amines is 1. The summed E-state index contributed by atoms with van der Waals surface area (Å²) in [5, 5.41) is 9.59. The maximum absolute atomic E-state index is 13.0. The van der Waals surface area contributed by atoms with Gasteiger partial charge in [-0.25, -0.2) is 23.7 Å². The molecule has 4 aromatic rings. The highest BCUT2D eigenvalue weighted by Crippen LogP contribution is 2.20. The summed E-state index contributed by atoms with van der Waals surface area (Å²) in [6.07, 6.45) is 0. The molecule has 0 fully saturated rings. The van der Waals surface area contributed by atoms with E-state index in [1.54, 1.807) is 18.2 Å². The van der Waals surface area contributed by atoms with Gasteiger partial charge < -0.3 is 5.32 Å². The molecule has 2 heterocycles. The first-order chi connectivity index (χ1) is 12.2. The van der Waals surface area contributed by atoms with Gasteiger partial charge in [0.2, 0.25) is 5.95 Å². The van der Waals surface area contributed by atoms with Crippen LogP contribution in [0.15, 0.2) is 65.5 Å². The Balaban J connectivity index is 1.74. The molecule has 0 saturated carbocycles. The van der Waals surface area contributed by atoms with E-state index in [1.807, 2.05) is 30.3 Å². The zero-order valence-corrected chi connectivity index (χ0v) is 13.1. The van der Waals surface area contributed by atoms with E-state index in [-0.39, 0.29) is 11.5 Å². The molecule has 0 aliphatic heterocycles. The van der Waals surface area contributed by atoms with E-state index in [9.17, 15) is 9.18 Å². The van der Waals surface area contributed by atoms with Crippen LogP contribution in [-0.2, 0) is 6.54 Å². The van der Waals surface area contributed by atoms with E-state index in [1.165, 1.54) is 16.5 Å². The molecule has 124 valence electrons. The van der Waals surface area contributed by atoms with Gasteiger partial charge in [0.25, 0.3) is 0 Å². The van der Waals surface area contributed by atoms with Gasteiger partial charge in [-0.3, -0.25) is 0 Å². The van der Waals surface area contributed by atoms with Crippen molar-refractivity contribution in [1.29, 1.82) is 0 Å². The normalized spacial score (nSPS) is 10.9. The summed E-state index contributed by atoms with van der Waals surface area (Å²) in [5.74, 6) is 0.0841. The van der Waals surface area contributed by atoms with Crippen molar-refractivity contribution < 1.29 is 4.39 Å². The van der Waals surface area contributed by atoms with Gasteiger partial charge >= 0.3 is 5.69 Å². The molecule has 2 aromatic carbocycles. The van der Waals surface area contributed by atoms with Gasteiger partial charge in [-0.15, -0.1) is 0 Å². The van der Waals surface area contributed by atoms with Gasteiger partial charge in [-0.1, -0.05) is 42.5 Å². The monoisotopic (exact) mass is 335 g/mol. The number of rotatable bonds is 4. The molecule has 6 nitrogen and oxygen atoms in total.